The number of guanidine groups is 1. The molecule has 0 bridgehead atoms. The summed E-state index contributed by atoms with van der Waals surface area (Å²) in [5, 5.41) is 89.5. The van der Waals surface area contributed by atoms with Crippen LogP contribution in [0.5, 0.6) is 0 Å². The van der Waals surface area contributed by atoms with E-state index in [1.165, 1.54) is 6.92 Å². The van der Waals surface area contributed by atoms with Crippen LogP contribution in [0.25, 0.3) is 0 Å². The average molecular weight is 698 g/mol. The number of hydrogen-bond acceptors (Lipinski definition) is 18. The highest BCUT2D eigenvalue weighted by Crippen LogP contribution is 2.32. The lowest BCUT2D eigenvalue weighted by atomic mass is 9.83. The molecule has 3 rings (SSSR count). The number of carbonyl (C=O) groups excluding carboxylic acids is 1. The van der Waals surface area contributed by atoms with Crippen LogP contribution in [-0.4, -0.2) is 171 Å². The van der Waals surface area contributed by atoms with Gasteiger partial charge in [-0.2, -0.15) is 0 Å². The number of amides is 1. The molecule has 0 spiro atoms. The molecule has 21 nitrogen and oxygen atoms in total. The van der Waals surface area contributed by atoms with Gasteiger partial charge in [-0.15, -0.1) is 0 Å². The number of hydrogen-bond donors (Lipinski definition) is 16. The van der Waals surface area contributed by atoms with Gasteiger partial charge in [-0.05, 0) is 25.8 Å². The summed E-state index contributed by atoms with van der Waals surface area (Å²) in [5.41, 5.74) is 26.8. The first-order chi connectivity index (χ1) is 22.6. The highest BCUT2D eigenvalue weighted by molar-refractivity contribution is 5.89. The highest BCUT2D eigenvalue weighted by Gasteiger charge is 2.52. The summed E-state index contributed by atoms with van der Waals surface area (Å²) in [4.78, 5) is 13.3. The second-order valence-electron chi connectivity index (χ2n) is 12.5. The van der Waals surface area contributed by atoms with Crippen molar-refractivity contribution in [2.75, 3.05) is 26.2 Å². The minimum atomic E-state index is -2.34. The summed E-state index contributed by atoms with van der Waals surface area (Å²) in [6.07, 6.45) is -14.2. The molecule has 2 aliphatic heterocycles. The first-order valence-corrected chi connectivity index (χ1v) is 16.0. The van der Waals surface area contributed by atoms with Crippen molar-refractivity contribution >= 4 is 11.9 Å². The Labute approximate surface area is 277 Å². The molecular formula is C27H55N9O12. The summed E-state index contributed by atoms with van der Waals surface area (Å²) in [5.74, 6) is -1.73. The zero-order chi connectivity index (χ0) is 35.9. The molecule has 1 amide bonds. The zero-order valence-electron chi connectivity index (χ0n) is 26.9. The fourth-order valence-electron chi connectivity index (χ4n) is 6.07. The van der Waals surface area contributed by atoms with E-state index in [1.807, 2.05) is 0 Å². The third-order valence-corrected chi connectivity index (χ3v) is 8.99. The molecule has 0 radical (unpaired) electrons. The van der Waals surface area contributed by atoms with Gasteiger partial charge in [-0.1, -0.05) is 6.92 Å². The van der Waals surface area contributed by atoms with Crippen LogP contribution in [0.15, 0.2) is 0 Å². The molecule has 3 aliphatic rings. The van der Waals surface area contributed by atoms with Gasteiger partial charge >= 0.3 is 0 Å². The van der Waals surface area contributed by atoms with Gasteiger partial charge in [0.25, 0.3) is 5.91 Å². The molecule has 1 saturated carbocycles. The van der Waals surface area contributed by atoms with Gasteiger partial charge in [0.15, 0.2) is 18.5 Å². The summed E-state index contributed by atoms with van der Waals surface area (Å²) >= 11 is 0. The molecule has 0 aromatic rings. The molecule has 3 unspecified atom stereocenters. The second-order valence-corrected chi connectivity index (χ2v) is 12.5. The van der Waals surface area contributed by atoms with Crippen LogP contribution in [-0.2, 0) is 23.7 Å². The van der Waals surface area contributed by atoms with Crippen LogP contribution in [0.3, 0.4) is 0 Å². The predicted octanol–water partition coefficient (Wildman–Crippen LogP) is -8.22. The Bertz CT molecular complexity index is 1040. The molecule has 280 valence electrons. The van der Waals surface area contributed by atoms with E-state index >= 15 is 0 Å². The monoisotopic (exact) mass is 697 g/mol. The molecular weight excluding hydrogens is 642 g/mol. The van der Waals surface area contributed by atoms with Crippen molar-refractivity contribution in [2.45, 2.75) is 130 Å². The maximum atomic E-state index is 13.3. The van der Waals surface area contributed by atoms with Crippen LogP contribution >= 0.6 is 0 Å². The van der Waals surface area contributed by atoms with E-state index < -0.39 is 116 Å². The molecule has 21 heteroatoms. The predicted molar refractivity (Wildman–Crippen MR) is 166 cm³/mol. The molecule has 16 atom stereocenters. The van der Waals surface area contributed by atoms with E-state index in [9.17, 15) is 40.5 Å². The van der Waals surface area contributed by atoms with E-state index in [-0.39, 0.29) is 38.9 Å². The van der Waals surface area contributed by atoms with E-state index in [1.54, 1.807) is 0 Å². The van der Waals surface area contributed by atoms with Crippen LogP contribution < -0.4 is 44.6 Å². The molecule has 3 fully saturated rings. The Morgan fingerprint density at radius 2 is 1.65 bits per heavy atom. The van der Waals surface area contributed by atoms with Crippen molar-refractivity contribution in [3.05, 3.63) is 0 Å². The van der Waals surface area contributed by atoms with Gasteiger partial charge in [0.05, 0.1) is 43.0 Å². The third kappa shape index (κ3) is 9.66. The van der Waals surface area contributed by atoms with E-state index in [0.29, 0.717) is 6.42 Å². The number of ether oxygens (including phenoxy) is 4. The number of nitrogens with one attached hydrogen (secondary N) is 4. The van der Waals surface area contributed by atoms with Crippen LogP contribution in [0.4, 0.5) is 0 Å². The lowest BCUT2D eigenvalue weighted by Gasteiger charge is -2.49. The molecule has 0 aromatic heterocycles. The highest BCUT2D eigenvalue weighted by atomic mass is 16.7. The van der Waals surface area contributed by atoms with Crippen molar-refractivity contribution in [3.8, 4) is 0 Å². The van der Waals surface area contributed by atoms with Gasteiger partial charge in [0.1, 0.15) is 36.6 Å². The summed E-state index contributed by atoms with van der Waals surface area (Å²) in [7, 11) is 0. The van der Waals surface area contributed by atoms with E-state index in [2.05, 4.69) is 16.0 Å². The summed E-state index contributed by atoms with van der Waals surface area (Å²) in [6.45, 7) is 1.03. The minimum absolute atomic E-state index is 0.0632. The first-order valence-electron chi connectivity index (χ1n) is 16.0. The van der Waals surface area contributed by atoms with Crippen LogP contribution in [0.2, 0.25) is 0 Å². The fourth-order valence-corrected chi connectivity index (χ4v) is 6.07. The number of aliphatic hydroxyl groups excluding tert-OH is 6. The van der Waals surface area contributed by atoms with Gasteiger partial charge < -0.3 is 99.3 Å². The topological polar surface area (TPSA) is 386 Å². The fraction of sp³-hybridized carbons (Fsp3) is 0.926. The Kier molecular flexibility index (Phi) is 15.1. The molecule has 1 aliphatic carbocycles. The van der Waals surface area contributed by atoms with Gasteiger partial charge in [-0.3, -0.25) is 10.2 Å². The van der Waals surface area contributed by atoms with E-state index in [4.69, 9.17) is 53.0 Å². The minimum Gasteiger partial charge on any atom is -0.394 e. The Hall–Kier alpha value is -1.90. The number of nitrogens with two attached hydrogens (primary N) is 5. The van der Waals surface area contributed by atoms with Crippen molar-refractivity contribution in [3.63, 3.8) is 0 Å². The quantitative estimate of drug-likeness (QED) is 0.0429. The normalized spacial score (nSPS) is 40.8. The Morgan fingerprint density at radius 1 is 1.00 bits per heavy atom. The number of aliphatic hydroxyl groups is 7. The standard InChI is InChI=1S/C27H55N9O12/c1-2-27(44,36-26(32)33)25(43)35-12-5-11(30)21(20(42)22(12)48-24-19(41)17(31)18(40)16(9-37)46-24)47-23-13(34-8-10(38)3-4-28)6-14(39)15(7-29)45-23/h10-24,34,37-42,44H,2-9,28-31H2,1H3,(H,35,43)(H4,32,33,36)/t10?,11-,12+,13+,14-,15+,16+,17-,18+,19+,20-,21?,22-,23+,24+,27?/m0/s1. The lowest BCUT2D eigenvalue weighted by molar-refractivity contribution is -0.316. The van der Waals surface area contributed by atoms with Crippen LogP contribution in [0, 0.1) is 5.41 Å². The number of rotatable bonds is 15. The molecule has 2 saturated heterocycles. The van der Waals surface area contributed by atoms with Crippen LogP contribution in [0.1, 0.15) is 32.6 Å². The van der Waals surface area contributed by atoms with Crippen molar-refractivity contribution in [2.24, 2.45) is 28.7 Å². The molecule has 2 heterocycles. The van der Waals surface area contributed by atoms with Gasteiger partial charge in [0.2, 0.25) is 5.72 Å². The maximum Gasteiger partial charge on any atom is 0.273 e. The lowest BCUT2D eigenvalue weighted by Crippen LogP contribution is -2.70. The average Bonchev–Trinajstić information content (AvgIpc) is 3.03. The van der Waals surface area contributed by atoms with Crippen molar-refractivity contribution in [1.29, 1.82) is 5.41 Å². The van der Waals surface area contributed by atoms with Crippen molar-refractivity contribution in [1.82, 2.24) is 16.0 Å². The van der Waals surface area contributed by atoms with E-state index in [0.717, 1.165) is 0 Å². The first kappa shape index (κ1) is 40.5. The van der Waals surface area contributed by atoms with Crippen molar-refractivity contribution < 1.29 is 59.5 Å². The van der Waals surface area contributed by atoms with Gasteiger partial charge in [0, 0.05) is 25.6 Å². The zero-order valence-corrected chi connectivity index (χ0v) is 26.9. The summed E-state index contributed by atoms with van der Waals surface area (Å²) in [6, 6.07) is -4.25. The Morgan fingerprint density at radius 3 is 2.23 bits per heavy atom. The van der Waals surface area contributed by atoms with Gasteiger partial charge in [-0.25, -0.2) is 0 Å². The second kappa shape index (κ2) is 17.8. The SMILES string of the molecule is CCC(O)(NC(=N)N)C(=O)N[C@@H]1C[C@H](N)C(O[C@H]2O[C@H](CN)[C@@H](O)C[C@H]2NCC(O)CCN)[C@H](O)[C@H]1O[C@H]1O[C@H](CO)[C@@H](O)[C@H](N)[C@H]1O. The maximum absolute atomic E-state index is 13.3. The largest absolute Gasteiger partial charge is 0.394 e. The third-order valence-electron chi connectivity index (χ3n) is 8.99. The molecule has 21 N–H and O–H groups in total. The molecule has 0 aromatic carbocycles. The summed E-state index contributed by atoms with van der Waals surface area (Å²) < 4.78 is 23.7. The smallest absolute Gasteiger partial charge is 0.273 e. The molecule has 48 heavy (non-hydrogen) atoms. The number of carbonyl (C=O) groups is 1. The Balaban J connectivity index is 1.91.